The molecule has 120 valence electrons. The summed E-state index contributed by atoms with van der Waals surface area (Å²) in [6.07, 6.45) is 3.67. The fourth-order valence-corrected chi connectivity index (χ4v) is 3.86. The molecule has 0 bridgehead atoms. The van der Waals surface area contributed by atoms with Crippen LogP contribution in [-0.4, -0.2) is 24.0 Å². The molecule has 0 saturated carbocycles. The molecule has 0 aromatic rings. The van der Waals surface area contributed by atoms with Crippen molar-refractivity contribution in [2.45, 2.75) is 39.7 Å². The minimum absolute atomic E-state index is 0.00681. The number of nitrogens with zero attached hydrogens (tertiary/aromatic N) is 4. The van der Waals surface area contributed by atoms with Crippen molar-refractivity contribution in [2.75, 3.05) is 13.1 Å². The third-order valence-corrected chi connectivity index (χ3v) is 5.20. The van der Waals surface area contributed by atoms with E-state index in [1.54, 1.807) is 0 Å². The van der Waals surface area contributed by atoms with Crippen LogP contribution in [0.15, 0.2) is 22.9 Å². The highest BCUT2D eigenvalue weighted by Crippen LogP contribution is 2.51. The van der Waals surface area contributed by atoms with Crippen LogP contribution in [-0.2, 0) is 0 Å². The molecule has 23 heavy (non-hydrogen) atoms. The average molecular weight is 309 g/mol. The molecule has 1 aliphatic carbocycles. The van der Waals surface area contributed by atoms with Crippen LogP contribution < -0.4 is 5.73 Å². The van der Waals surface area contributed by atoms with Gasteiger partial charge in [-0.05, 0) is 25.8 Å². The lowest BCUT2D eigenvalue weighted by atomic mass is 9.59. The smallest absolute Gasteiger partial charge is 0.187 e. The number of hydrogen-bond donors (Lipinski definition) is 1. The summed E-state index contributed by atoms with van der Waals surface area (Å²) in [5.41, 5.74) is 6.19. The van der Waals surface area contributed by atoms with Crippen molar-refractivity contribution in [1.29, 1.82) is 15.8 Å². The first kappa shape index (κ1) is 17.1. The van der Waals surface area contributed by atoms with Crippen LogP contribution in [0.25, 0.3) is 0 Å². The number of nitrogens with two attached hydrogens (primary N) is 1. The van der Waals surface area contributed by atoms with Crippen LogP contribution in [0.4, 0.5) is 0 Å². The highest BCUT2D eigenvalue weighted by molar-refractivity contribution is 5.56. The number of hydrogen-bond acceptors (Lipinski definition) is 5. The lowest BCUT2D eigenvalue weighted by Crippen LogP contribution is -2.50. The summed E-state index contributed by atoms with van der Waals surface area (Å²) in [4.78, 5) is 2.31. The monoisotopic (exact) mass is 309 g/mol. The van der Waals surface area contributed by atoms with Crippen LogP contribution in [0.3, 0.4) is 0 Å². The van der Waals surface area contributed by atoms with E-state index in [0.717, 1.165) is 31.5 Å². The molecular weight excluding hydrogens is 286 g/mol. The summed E-state index contributed by atoms with van der Waals surface area (Å²) in [6.45, 7) is 7.84. The first-order chi connectivity index (χ1) is 11.0. The highest BCUT2D eigenvalue weighted by atomic mass is 15.2. The van der Waals surface area contributed by atoms with Crippen molar-refractivity contribution in [3.8, 4) is 18.2 Å². The molecule has 0 spiro atoms. The molecule has 0 aromatic heterocycles. The summed E-state index contributed by atoms with van der Waals surface area (Å²) in [6, 6.07) is 6.83. The zero-order valence-corrected chi connectivity index (χ0v) is 14.0. The molecule has 5 nitrogen and oxygen atoms in total. The van der Waals surface area contributed by atoms with Crippen LogP contribution in [0.5, 0.6) is 0 Å². The predicted octanol–water partition coefficient (Wildman–Crippen LogP) is 2.45. The second kappa shape index (κ2) is 6.45. The van der Waals surface area contributed by atoms with Gasteiger partial charge in [-0.2, -0.15) is 15.8 Å². The SMILES string of the molecule is CCCC1C2CN(C(C)C)CC=C2C(C#N)=C(N)C1(C#N)C#N. The van der Waals surface area contributed by atoms with E-state index in [1.165, 1.54) is 0 Å². The van der Waals surface area contributed by atoms with E-state index in [0.29, 0.717) is 11.6 Å². The van der Waals surface area contributed by atoms with E-state index in [1.807, 2.05) is 6.92 Å². The number of rotatable bonds is 3. The van der Waals surface area contributed by atoms with Gasteiger partial charge in [-0.1, -0.05) is 19.4 Å². The molecule has 1 heterocycles. The Labute approximate surface area is 138 Å². The Hall–Kier alpha value is -2.29. The summed E-state index contributed by atoms with van der Waals surface area (Å²) in [7, 11) is 0. The van der Waals surface area contributed by atoms with Crippen LogP contribution in [0.2, 0.25) is 0 Å². The largest absolute Gasteiger partial charge is 0.399 e. The summed E-state index contributed by atoms with van der Waals surface area (Å²) in [5.74, 6) is -0.167. The van der Waals surface area contributed by atoms with Gasteiger partial charge in [0.1, 0.15) is 6.07 Å². The maximum atomic E-state index is 9.76. The third kappa shape index (κ3) is 2.50. The number of allylic oxidation sites excluding steroid dienone is 2. The lowest BCUT2D eigenvalue weighted by Gasteiger charge is -2.46. The van der Waals surface area contributed by atoms with Crippen molar-refractivity contribution in [1.82, 2.24) is 4.90 Å². The van der Waals surface area contributed by atoms with E-state index in [-0.39, 0.29) is 17.5 Å². The molecule has 1 aliphatic heterocycles. The molecule has 0 amide bonds. The number of fused-ring (bicyclic) bond motifs is 1. The van der Waals surface area contributed by atoms with Crippen LogP contribution in [0.1, 0.15) is 33.6 Å². The van der Waals surface area contributed by atoms with Crippen molar-refractivity contribution in [3.63, 3.8) is 0 Å². The van der Waals surface area contributed by atoms with Gasteiger partial charge in [-0.3, -0.25) is 4.90 Å². The van der Waals surface area contributed by atoms with Crippen LogP contribution in [0, 0.1) is 51.2 Å². The van der Waals surface area contributed by atoms with E-state index < -0.39 is 5.41 Å². The maximum Gasteiger partial charge on any atom is 0.187 e. The summed E-state index contributed by atoms with van der Waals surface area (Å²) >= 11 is 0. The zero-order chi connectivity index (χ0) is 17.2. The van der Waals surface area contributed by atoms with E-state index >= 15 is 0 Å². The summed E-state index contributed by atoms with van der Waals surface area (Å²) < 4.78 is 0. The van der Waals surface area contributed by atoms with Crippen molar-refractivity contribution in [2.24, 2.45) is 23.0 Å². The molecule has 2 unspecified atom stereocenters. The Morgan fingerprint density at radius 1 is 1.35 bits per heavy atom. The molecule has 2 aliphatic rings. The fourth-order valence-electron chi connectivity index (χ4n) is 3.86. The van der Waals surface area contributed by atoms with Gasteiger partial charge in [0.2, 0.25) is 0 Å². The van der Waals surface area contributed by atoms with Crippen molar-refractivity contribution in [3.05, 3.63) is 22.9 Å². The molecule has 0 radical (unpaired) electrons. The first-order valence-electron chi connectivity index (χ1n) is 8.14. The zero-order valence-electron chi connectivity index (χ0n) is 14.0. The molecule has 5 heteroatoms. The Kier molecular flexibility index (Phi) is 4.79. The van der Waals surface area contributed by atoms with Gasteiger partial charge in [-0.15, -0.1) is 0 Å². The molecule has 0 fully saturated rings. The van der Waals surface area contributed by atoms with Gasteiger partial charge in [0.15, 0.2) is 5.41 Å². The molecule has 2 rings (SSSR count). The van der Waals surface area contributed by atoms with Gasteiger partial charge < -0.3 is 5.73 Å². The Balaban J connectivity index is 2.66. The van der Waals surface area contributed by atoms with E-state index in [4.69, 9.17) is 5.73 Å². The molecule has 0 aromatic carbocycles. The van der Waals surface area contributed by atoms with Gasteiger partial charge in [0, 0.05) is 31.0 Å². The second-order valence-corrected chi connectivity index (χ2v) is 6.64. The van der Waals surface area contributed by atoms with E-state index in [9.17, 15) is 15.8 Å². The van der Waals surface area contributed by atoms with Gasteiger partial charge >= 0.3 is 0 Å². The second-order valence-electron chi connectivity index (χ2n) is 6.64. The van der Waals surface area contributed by atoms with Crippen LogP contribution >= 0.6 is 0 Å². The molecule has 2 atom stereocenters. The van der Waals surface area contributed by atoms with E-state index in [2.05, 4.69) is 43.0 Å². The first-order valence-corrected chi connectivity index (χ1v) is 8.14. The Morgan fingerprint density at radius 2 is 2.00 bits per heavy atom. The fraction of sp³-hybridized carbons (Fsp3) is 0.611. The molecule has 2 N–H and O–H groups in total. The van der Waals surface area contributed by atoms with Crippen molar-refractivity contribution >= 4 is 0 Å². The lowest BCUT2D eigenvalue weighted by molar-refractivity contribution is 0.138. The van der Waals surface area contributed by atoms with Gasteiger partial charge in [0.25, 0.3) is 0 Å². The minimum Gasteiger partial charge on any atom is -0.399 e. The van der Waals surface area contributed by atoms with Gasteiger partial charge in [-0.25, -0.2) is 0 Å². The minimum atomic E-state index is -1.40. The maximum absolute atomic E-state index is 9.76. The Morgan fingerprint density at radius 3 is 2.48 bits per heavy atom. The average Bonchev–Trinajstić information content (AvgIpc) is 2.56. The normalized spacial score (nSPS) is 26.7. The Bertz CT molecular complexity index is 651. The standard InChI is InChI=1S/C18H23N5/c1-4-5-16-15-9-23(12(2)3)7-6-13(15)14(8-19)17(22)18(16,10-20)11-21/h6,12,15-16H,4-5,7,9,22H2,1-3H3. The molecular formula is C18H23N5. The van der Waals surface area contributed by atoms with Gasteiger partial charge in [0.05, 0.1) is 23.4 Å². The topological polar surface area (TPSA) is 101 Å². The third-order valence-electron chi connectivity index (χ3n) is 5.20. The summed E-state index contributed by atoms with van der Waals surface area (Å²) in [5, 5.41) is 29.1. The predicted molar refractivity (Wildman–Crippen MR) is 87.2 cm³/mol. The number of nitriles is 3. The quantitative estimate of drug-likeness (QED) is 0.863. The van der Waals surface area contributed by atoms with Crippen molar-refractivity contribution < 1.29 is 0 Å². The highest BCUT2D eigenvalue weighted by Gasteiger charge is 2.53. The molecule has 0 saturated heterocycles.